The molecule has 0 saturated heterocycles. The van der Waals surface area contributed by atoms with Crippen molar-refractivity contribution >= 4 is 45.5 Å². The summed E-state index contributed by atoms with van der Waals surface area (Å²) in [5.74, 6) is 0.221. The third-order valence-electron chi connectivity index (χ3n) is 4.56. The van der Waals surface area contributed by atoms with Gasteiger partial charge < -0.3 is 9.32 Å². The maximum absolute atomic E-state index is 13.4. The molecule has 0 bridgehead atoms. The second kappa shape index (κ2) is 7.22. The van der Waals surface area contributed by atoms with Crippen LogP contribution in [0, 0.1) is 13.8 Å². The van der Waals surface area contributed by atoms with E-state index < -0.39 is 0 Å². The first-order valence-corrected chi connectivity index (χ1v) is 9.88. The van der Waals surface area contributed by atoms with Gasteiger partial charge in [0.05, 0.1) is 6.54 Å². The van der Waals surface area contributed by atoms with E-state index >= 15 is 0 Å². The number of hydrogen-bond acceptors (Lipinski definition) is 3. The Morgan fingerprint density at radius 1 is 1.11 bits per heavy atom. The summed E-state index contributed by atoms with van der Waals surface area (Å²) in [7, 11) is 0. The van der Waals surface area contributed by atoms with Crippen molar-refractivity contribution in [2.24, 2.45) is 0 Å². The molecule has 3 nitrogen and oxygen atoms in total. The number of carbonyl (C=O) groups excluding carboxylic acids is 1. The smallest absolute Gasteiger partial charge is 0.294 e. The van der Waals surface area contributed by atoms with Gasteiger partial charge in [0.1, 0.15) is 5.58 Å². The molecule has 0 N–H and O–H groups in total. The lowest BCUT2D eigenvalue weighted by molar-refractivity contribution is 0.0960. The van der Waals surface area contributed by atoms with Gasteiger partial charge in [-0.2, -0.15) is 0 Å². The summed E-state index contributed by atoms with van der Waals surface area (Å²) in [6.45, 7) is 4.45. The summed E-state index contributed by atoms with van der Waals surface area (Å²) in [5.41, 5.74) is 3.52. The molecule has 0 fully saturated rings. The topological polar surface area (TPSA) is 33.5 Å². The molecule has 0 aliphatic carbocycles. The van der Waals surface area contributed by atoms with Crippen LogP contribution in [-0.2, 0) is 6.54 Å². The SMILES string of the molecule is Cc1ccc2oc(C(=O)N(Cc3cccs3)c3ccc(Cl)cc3)c(C)c2c1. The second-order valence-electron chi connectivity index (χ2n) is 6.50. The van der Waals surface area contributed by atoms with Crippen LogP contribution in [0.5, 0.6) is 0 Å². The van der Waals surface area contributed by atoms with Crippen molar-refractivity contribution in [2.45, 2.75) is 20.4 Å². The number of fused-ring (bicyclic) bond motifs is 1. The number of thiophene rings is 1. The first-order chi connectivity index (χ1) is 13.0. The highest BCUT2D eigenvalue weighted by Crippen LogP contribution is 2.30. The maximum atomic E-state index is 13.4. The Morgan fingerprint density at radius 3 is 2.59 bits per heavy atom. The fraction of sp³-hybridized carbons (Fsp3) is 0.136. The Bertz CT molecular complexity index is 1100. The standard InChI is InChI=1S/C22H18ClNO2S/c1-14-5-10-20-19(12-14)15(2)21(26-20)22(25)24(13-18-4-3-11-27-18)17-8-6-16(23)7-9-17/h3-12H,13H2,1-2H3. The van der Waals surface area contributed by atoms with Crippen LogP contribution < -0.4 is 4.90 Å². The monoisotopic (exact) mass is 395 g/mol. The highest BCUT2D eigenvalue weighted by atomic mass is 35.5. The lowest BCUT2D eigenvalue weighted by Gasteiger charge is -2.21. The Kier molecular flexibility index (Phi) is 4.77. The molecular formula is C22H18ClNO2S. The van der Waals surface area contributed by atoms with E-state index in [1.807, 2.05) is 55.6 Å². The Hall–Kier alpha value is -2.56. The Balaban J connectivity index is 1.78. The summed E-state index contributed by atoms with van der Waals surface area (Å²) in [4.78, 5) is 16.3. The van der Waals surface area contributed by atoms with Crippen LogP contribution in [0.25, 0.3) is 11.0 Å². The lowest BCUT2D eigenvalue weighted by Crippen LogP contribution is -2.30. The van der Waals surface area contributed by atoms with E-state index in [1.165, 1.54) is 0 Å². The Labute approximate surface area is 166 Å². The molecule has 0 aliphatic rings. The van der Waals surface area contributed by atoms with Crippen molar-refractivity contribution in [3.05, 3.63) is 86.8 Å². The molecule has 4 aromatic rings. The summed E-state index contributed by atoms with van der Waals surface area (Å²) in [6.07, 6.45) is 0. The fourth-order valence-electron chi connectivity index (χ4n) is 3.12. The summed E-state index contributed by atoms with van der Waals surface area (Å²) >= 11 is 7.65. The molecule has 0 saturated carbocycles. The number of anilines is 1. The molecule has 136 valence electrons. The van der Waals surface area contributed by atoms with E-state index in [4.69, 9.17) is 16.0 Å². The second-order valence-corrected chi connectivity index (χ2v) is 7.97. The third kappa shape index (κ3) is 3.51. The number of carbonyl (C=O) groups is 1. The number of nitrogens with zero attached hydrogens (tertiary/aromatic N) is 1. The molecule has 5 heteroatoms. The Morgan fingerprint density at radius 2 is 1.89 bits per heavy atom. The summed E-state index contributed by atoms with van der Waals surface area (Å²) in [5, 5.41) is 3.62. The van der Waals surface area contributed by atoms with Crippen molar-refractivity contribution in [1.29, 1.82) is 0 Å². The first kappa shape index (κ1) is 17.8. The van der Waals surface area contributed by atoms with E-state index in [2.05, 4.69) is 6.07 Å². The van der Waals surface area contributed by atoms with Crippen LogP contribution in [0.2, 0.25) is 5.02 Å². The highest BCUT2D eigenvalue weighted by Gasteiger charge is 2.25. The van der Waals surface area contributed by atoms with Gasteiger partial charge in [-0.3, -0.25) is 4.79 Å². The van der Waals surface area contributed by atoms with Crippen LogP contribution in [-0.4, -0.2) is 5.91 Å². The molecule has 4 rings (SSSR count). The fourth-order valence-corrected chi connectivity index (χ4v) is 3.94. The van der Waals surface area contributed by atoms with Crippen molar-refractivity contribution < 1.29 is 9.21 Å². The normalized spacial score (nSPS) is 11.1. The highest BCUT2D eigenvalue weighted by molar-refractivity contribution is 7.09. The van der Waals surface area contributed by atoms with Gasteiger partial charge in [0.15, 0.2) is 5.76 Å². The average Bonchev–Trinajstić information content (AvgIpc) is 3.28. The molecule has 1 amide bonds. The summed E-state index contributed by atoms with van der Waals surface area (Å²) in [6, 6.07) is 17.3. The molecule has 27 heavy (non-hydrogen) atoms. The average molecular weight is 396 g/mol. The summed E-state index contributed by atoms with van der Waals surface area (Å²) < 4.78 is 5.95. The van der Waals surface area contributed by atoms with Gasteiger partial charge in [0.25, 0.3) is 5.91 Å². The van der Waals surface area contributed by atoms with Gasteiger partial charge in [-0.1, -0.05) is 29.3 Å². The predicted molar refractivity (Wildman–Crippen MR) is 112 cm³/mol. The zero-order valence-electron chi connectivity index (χ0n) is 15.0. The van der Waals surface area contributed by atoms with Crippen molar-refractivity contribution in [2.75, 3.05) is 4.90 Å². The van der Waals surface area contributed by atoms with Crippen molar-refractivity contribution in [3.8, 4) is 0 Å². The number of rotatable bonds is 4. The lowest BCUT2D eigenvalue weighted by atomic mass is 10.1. The number of benzene rings is 2. The molecule has 0 atom stereocenters. The minimum Gasteiger partial charge on any atom is -0.451 e. The molecular weight excluding hydrogens is 378 g/mol. The van der Waals surface area contributed by atoms with E-state index in [-0.39, 0.29) is 5.91 Å². The van der Waals surface area contributed by atoms with Gasteiger partial charge in [-0.25, -0.2) is 0 Å². The van der Waals surface area contributed by atoms with Crippen LogP contribution in [0.15, 0.2) is 64.4 Å². The molecule has 2 heterocycles. The van der Waals surface area contributed by atoms with E-state index in [0.717, 1.165) is 32.7 Å². The molecule has 0 aliphatic heterocycles. The molecule has 2 aromatic carbocycles. The minimum absolute atomic E-state index is 0.155. The van der Waals surface area contributed by atoms with Gasteiger partial charge in [-0.05, 0) is 61.7 Å². The van der Waals surface area contributed by atoms with Gasteiger partial charge in [0, 0.05) is 26.5 Å². The number of halogens is 1. The minimum atomic E-state index is -0.155. The van der Waals surface area contributed by atoms with Crippen molar-refractivity contribution in [3.63, 3.8) is 0 Å². The number of aryl methyl sites for hydroxylation is 2. The van der Waals surface area contributed by atoms with Gasteiger partial charge >= 0.3 is 0 Å². The largest absolute Gasteiger partial charge is 0.451 e. The van der Waals surface area contributed by atoms with Crippen LogP contribution >= 0.6 is 22.9 Å². The first-order valence-electron chi connectivity index (χ1n) is 8.62. The van der Waals surface area contributed by atoms with Crippen molar-refractivity contribution in [1.82, 2.24) is 0 Å². The van der Waals surface area contributed by atoms with E-state index in [0.29, 0.717) is 17.3 Å². The number of amides is 1. The number of furan rings is 1. The van der Waals surface area contributed by atoms with E-state index in [9.17, 15) is 4.79 Å². The third-order valence-corrected chi connectivity index (χ3v) is 5.68. The quantitative estimate of drug-likeness (QED) is 0.389. The predicted octanol–water partition coefficient (Wildman–Crippen LogP) is 6.61. The van der Waals surface area contributed by atoms with Gasteiger partial charge in [0.2, 0.25) is 0 Å². The van der Waals surface area contributed by atoms with Crippen LogP contribution in [0.3, 0.4) is 0 Å². The van der Waals surface area contributed by atoms with E-state index in [1.54, 1.807) is 28.4 Å². The van der Waals surface area contributed by atoms with Crippen LogP contribution in [0.4, 0.5) is 5.69 Å². The molecule has 0 spiro atoms. The zero-order chi connectivity index (χ0) is 19.0. The molecule has 0 unspecified atom stereocenters. The molecule has 2 aromatic heterocycles. The van der Waals surface area contributed by atoms with Gasteiger partial charge in [-0.15, -0.1) is 11.3 Å². The zero-order valence-corrected chi connectivity index (χ0v) is 16.6. The maximum Gasteiger partial charge on any atom is 0.294 e. The molecule has 0 radical (unpaired) electrons. The van der Waals surface area contributed by atoms with Crippen LogP contribution in [0.1, 0.15) is 26.6 Å². The number of hydrogen-bond donors (Lipinski definition) is 0.